The summed E-state index contributed by atoms with van der Waals surface area (Å²) in [5, 5.41) is 0. The minimum atomic E-state index is -0.813. The maximum absolute atomic E-state index is 14.3. The molecule has 2 aliphatic rings. The van der Waals surface area contributed by atoms with Crippen LogP contribution >= 0.6 is 0 Å². The van der Waals surface area contributed by atoms with Gasteiger partial charge < -0.3 is 0 Å². The van der Waals surface area contributed by atoms with E-state index in [1.807, 2.05) is 6.92 Å². The van der Waals surface area contributed by atoms with Gasteiger partial charge >= 0.3 is 0 Å². The van der Waals surface area contributed by atoms with E-state index in [0.29, 0.717) is 0 Å². The molecule has 0 radical (unpaired) electrons. The molecule has 0 nitrogen and oxygen atoms in total. The second-order valence-electron chi connectivity index (χ2n) is 8.33. The average Bonchev–Trinajstić information content (AvgIpc) is 2.56. The highest BCUT2D eigenvalue weighted by Gasteiger charge is 2.37. The minimum Gasteiger partial charge on any atom is -0.244 e. The zero-order valence-corrected chi connectivity index (χ0v) is 15.2. The van der Waals surface area contributed by atoms with Crippen LogP contribution in [0, 0.1) is 17.8 Å². The Balaban J connectivity index is 1.59. The van der Waals surface area contributed by atoms with Crippen LogP contribution in [0.1, 0.15) is 110 Å². The molecule has 22 heavy (non-hydrogen) atoms. The van der Waals surface area contributed by atoms with Gasteiger partial charge in [0, 0.05) is 0 Å². The highest BCUT2D eigenvalue weighted by molar-refractivity contribution is 4.88. The van der Waals surface area contributed by atoms with Crippen molar-refractivity contribution in [3.63, 3.8) is 0 Å². The van der Waals surface area contributed by atoms with Crippen LogP contribution in [0.4, 0.5) is 4.39 Å². The Kier molecular flexibility index (Phi) is 7.71. The molecule has 2 rings (SSSR count). The number of unbranched alkanes of at least 4 members (excludes halogenated alkanes) is 4. The molecule has 0 bridgehead atoms. The summed E-state index contributed by atoms with van der Waals surface area (Å²) in [5.41, 5.74) is -0.813. The van der Waals surface area contributed by atoms with Crippen LogP contribution in [0.15, 0.2) is 0 Å². The van der Waals surface area contributed by atoms with Crippen LogP contribution in [-0.4, -0.2) is 5.67 Å². The Hall–Kier alpha value is -0.0700. The van der Waals surface area contributed by atoms with Crippen molar-refractivity contribution in [3.05, 3.63) is 0 Å². The van der Waals surface area contributed by atoms with E-state index >= 15 is 0 Å². The summed E-state index contributed by atoms with van der Waals surface area (Å²) in [6.45, 7) is 4.31. The van der Waals surface area contributed by atoms with E-state index in [1.165, 1.54) is 64.2 Å². The Labute approximate surface area is 138 Å². The van der Waals surface area contributed by atoms with Gasteiger partial charge in [-0.25, -0.2) is 4.39 Å². The molecule has 2 fully saturated rings. The van der Waals surface area contributed by atoms with Gasteiger partial charge in [0.05, 0.1) is 0 Å². The summed E-state index contributed by atoms with van der Waals surface area (Å²) >= 11 is 0. The highest BCUT2D eigenvalue weighted by atomic mass is 19.1. The summed E-state index contributed by atoms with van der Waals surface area (Å²) < 4.78 is 14.3. The lowest BCUT2D eigenvalue weighted by Gasteiger charge is -2.40. The van der Waals surface area contributed by atoms with Gasteiger partial charge in [-0.3, -0.25) is 0 Å². The molecule has 0 atom stereocenters. The van der Waals surface area contributed by atoms with E-state index in [-0.39, 0.29) is 0 Å². The number of alkyl halides is 1. The van der Waals surface area contributed by atoms with Gasteiger partial charge in [-0.05, 0) is 62.7 Å². The molecule has 0 aromatic rings. The van der Waals surface area contributed by atoms with Crippen molar-refractivity contribution in [2.24, 2.45) is 17.8 Å². The molecule has 0 unspecified atom stereocenters. The normalized spacial score (nSPS) is 36.4. The zero-order chi connectivity index (χ0) is 15.8. The lowest BCUT2D eigenvalue weighted by Crippen LogP contribution is -2.32. The van der Waals surface area contributed by atoms with E-state index in [1.54, 1.807) is 0 Å². The maximum atomic E-state index is 14.3. The van der Waals surface area contributed by atoms with Crippen LogP contribution in [0.3, 0.4) is 0 Å². The lowest BCUT2D eigenvalue weighted by atomic mass is 9.67. The Morgan fingerprint density at radius 2 is 1.36 bits per heavy atom. The third kappa shape index (κ3) is 5.53. The van der Waals surface area contributed by atoms with Crippen molar-refractivity contribution in [1.82, 2.24) is 0 Å². The number of hydrogen-bond donors (Lipinski definition) is 0. The molecule has 0 saturated heterocycles. The molecule has 130 valence electrons. The third-order valence-electron chi connectivity index (χ3n) is 6.83. The molecule has 0 heterocycles. The Bertz CT molecular complexity index is 282. The predicted molar refractivity (Wildman–Crippen MR) is 94.9 cm³/mol. The molecule has 0 spiro atoms. The molecular formula is C21H39F. The van der Waals surface area contributed by atoms with Crippen molar-refractivity contribution in [2.45, 2.75) is 116 Å². The zero-order valence-electron chi connectivity index (χ0n) is 15.2. The molecule has 2 saturated carbocycles. The molecular weight excluding hydrogens is 271 g/mol. The molecule has 0 amide bonds. The van der Waals surface area contributed by atoms with E-state index in [9.17, 15) is 4.39 Å². The first-order valence-electron chi connectivity index (χ1n) is 10.4. The van der Waals surface area contributed by atoms with Crippen molar-refractivity contribution in [3.8, 4) is 0 Å². The SMILES string of the molecule is CCCCCCCC1CCC([C@H]2CC[C@](F)(CC)CC2)CC1. The van der Waals surface area contributed by atoms with Gasteiger partial charge in [0.15, 0.2) is 0 Å². The van der Waals surface area contributed by atoms with E-state index in [2.05, 4.69) is 6.92 Å². The average molecular weight is 311 g/mol. The highest BCUT2D eigenvalue weighted by Crippen LogP contribution is 2.45. The second-order valence-corrected chi connectivity index (χ2v) is 8.33. The summed E-state index contributed by atoms with van der Waals surface area (Å²) in [6.07, 6.45) is 19.1. The Morgan fingerprint density at radius 3 is 1.95 bits per heavy atom. The van der Waals surface area contributed by atoms with Gasteiger partial charge in [0.1, 0.15) is 5.67 Å². The van der Waals surface area contributed by atoms with Crippen LogP contribution in [0.25, 0.3) is 0 Å². The summed E-state index contributed by atoms with van der Waals surface area (Å²) in [4.78, 5) is 0. The number of halogens is 1. The maximum Gasteiger partial charge on any atom is 0.110 e. The van der Waals surface area contributed by atoms with Crippen molar-refractivity contribution >= 4 is 0 Å². The molecule has 0 aromatic heterocycles. The first-order valence-corrected chi connectivity index (χ1v) is 10.4. The topological polar surface area (TPSA) is 0 Å². The summed E-state index contributed by atoms with van der Waals surface area (Å²) in [6, 6.07) is 0. The molecule has 0 aromatic carbocycles. The fraction of sp³-hybridized carbons (Fsp3) is 1.00. The van der Waals surface area contributed by atoms with Gasteiger partial charge in [0.25, 0.3) is 0 Å². The van der Waals surface area contributed by atoms with Gasteiger partial charge in [-0.15, -0.1) is 0 Å². The van der Waals surface area contributed by atoms with Crippen LogP contribution < -0.4 is 0 Å². The first-order chi connectivity index (χ1) is 10.7. The first kappa shape index (κ1) is 18.3. The van der Waals surface area contributed by atoms with Crippen LogP contribution in [-0.2, 0) is 0 Å². The van der Waals surface area contributed by atoms with Crippen LogP contribution in [0.2, 0.25) is 0 Å². The Morgan fingerprint density at radius 1 is 0.773 bits per heavy atom. The monoisotopic (exact) mass is 310 g/mol. The van der Waals surface area contributed by atoms with Crippen molar-refractivity contribution < 1.29 is 4.39 Å². The van der Waals surface area contributed by atoms with Gasteiger partial charge in [-0.1, -0.05) is 65.2 Å². The third-order valence-corrected chi connectivity index (χ3v) is 6.83. The molecule has 0 aliphatic heterocycles. The fourth-order valence-electron chi connectivity index (χ4n) is 4.97. The standard InChI is InChI=1S/C21H39F/c1-3-5-6-7-8-9-18-10-12-19(13-11-18)20-14-16-21(22,4-2)17-15-20/h18-20H,3-17H2,1-2H3/t18?,19?,20-,21+. The van der Waals surface area contributed by atoms with Gasteiger partial charge in [-0.2, -0.15) is 0 Å². The number of hydrogen-bond acceptors (Lipinski definition) is 0. The smallest absolute Gasteiger partial charge is 0.110 e. The van der Waals surface area contributed by atoms with Crippen molar-refractivity contribution in [1.29, 1.82) is 0 Å². The van der Waals surface area contributed by atoms with Crippen molar-refractivity contribution in [2.75, 3.05) is 0 Å². The minimum absolute atomic E-state index is 0.727. The second kappa shape index (κ2) is 9.28. The largest absolute Gasteiger partial charge is 0.244 e. The van der Waals surface area contributed by atoms with E-state index in [0.717, 1.165) is 49.9 Å². The lowest BCUT2D eigenvalue weighted by molar-refractivity contribution is 0.0513. The summed E-state index contributed by atoms with van der Waals surface area (Å²) in [5.74, 6) is 2.79. The van der Waals surface area contributed by atoms with E-state index in [4.69, 9.17) is 0 Å². The molecule has 0 N–H and O–H groups in total. The molecule has 2 aliphatic carbocycles. The van der Waals surface area contributed by atoms with E-state index < -0.39 is 5.67 Å². The van der Waals surface area contributed by atoms with Gasteiger partial charge in [0.2, 0.25) is 0 Å². The summed E-state index contributed by atoms with van der Waals surface area (Å²) in [7, 11) is 0. The quantitative estimate of drug-likeness (QED) is 0.408. The fourth-order valence-corrected chi connectivity index (χ4v) is 4.97. The molecule has 1 heteroatoms. The van der Waals surface area contributed by atoms with Crippen LogP contribution in [0.5, 0.6) is 0 Å². The number of rotatable bonds is 8. The predicted octanol–water partition coefficient (Wildman–Crippen LogP) is 7.46.